The maximum Gasteiger partial charge on any atom is 0.301 e. The van der Waals surface area contributed by atoms with Crippen molar-refractivity contribution >= 4 is 60.1 Å². The zero-order valence-electron chi connectivity index (χ0n) is 18.3. The number of ether oxygens (including phenoxy) is 1. The fraction of sp³-hybridized carbons (Fsp3) is 0.115. The van der Waals surface area contributed by atoms with Gasteiger partial charge in [0.05, 0.1) is 28.9 Å². The second-order valence-electron chi connectivity index (χ2n) is 7.92. The summed E-state index contributed by atoms with van der Waals surface area (Å²) in [5, 5.41) is 11.6. The number of amides is 1. The van der Waals surface area contributed by atoms with E-state index in [-0.39, 0.29) is 11.3 Å². The number of methoxy groups -OCH3 is 1. The molecule has 4 aromatic rings. The van der Waals surface area contributed by atoms with Gasteiger partial charge in [0.2, 0.25) is 0 Å². The minimum absolute atomic E-state index is 0.0212. The van der Waals surface area contributed by atoms with E-state index in [0.717, 1.165) is 20.3 Å². The molecule has 2 heterocycles. The van der Waals surface area contributed by atoms with Crippen LogP contribution in [0.2, 0.25) is 0 Å². The van der Waals surface area contributed by atoms with Crippen LogP contribution in [0.25, 0.3) is 16.0 Å². The van der Waals surface area contributed by atoms with E-state index >= 15 is 0 Å². The third-order valence-electron chi connectivity index (χ3n) is 5.73. The molecule has 0 saturated carbocycles. The minimum Gasteiger partial charge on any atom is -0.507 e. The van der Waals surface area contributed by atoms with Crippen LogP contribution < -0.4 is 9.64 Å². The molecule has 0 unspecified atom stereocenters. The highest BCUT2D eigenvalue weighted by Gasteiger charge is 2.48. The number of benzene rings is 3. The SMILES string of the molecule is COc1ccc(/C(O)=C2\C(=O)C(=O)N(c3nc4ccc(C)cc4s3)[C@@H]2c2ccc(Br)cc2)cc1. The molecule has 5 rings (SSSR count). The maximum absolute atomic E-state index is 13.3. The number of anilines is 1. The van der Waals surface area contributed by atoms with Crippen molar-refractivity contribution in [3.05, 3.63) is 93.5 Å². The van der Waals surface area contributed by atoms with Crippen molar-refractivity contribution in [1.82, 2.24) is 4.98 Å². The fourth-order valence-electron chi connectivity index (χ4n) is 4.02. The average molecular weight is 535 g/mol. The molecule has 1 fully saturated rings. The van der Waals surface area contributed by atoms with Crippen molar-refractivity contribution in [2.24, 2.45) is 0 Å². The lowest BCUT2D eigenvalue weighted by Crippen LogP contribution is -2.29. The molecular weight excluding hydrogens is 516 g/mol. The van der Waals surface area contributed by atoms with Crippen molar-refractivity contribution in [2.45, 2.75) is 13.0 Å². The number of hydrogen-bond acceptors (Lipinski definition) is 6. The van der Waals surface area contributed by atoms with E-state index in [1.807, 2.05) is 49.4 Å². The van der Waals surface area contributed by atoms with Crippen LogP contribution >= 0.6 is 27.3 Å². The van der Waals surface area contributed by atoms with Crippen LogP contribution in [-0.4, -0.2) is 28.9 Å². The summed E-state index contributed by atoms with van der Waals surface area (Å²) in [6.07, 6.45) is 0. The molecule has 1 aliphatic heterocycles. The molecule has 1 N–H and O–H groups in total. The van der Waals surface area contributed by atoms with Gasteiger partial charge in [0.15, 0.2) is 5.13 Å². The number of thiazole rings is 1. The number of fused-ring (bicyclic) bond motifs is 1. The molecule has 1 amide bonds. The highest BCUT2D eigenvalue weighted by Crippen LogP contribution is 2.44. The van der Waals surface area contributed by atoms with Crippen molar-refractivity contribution < 1.29 is 19.4 Å². The number of aliphatic hydroxyl groups is 1. The molecule has 8 heteroatoms. The largest absolute Gasteiger partial charge is 0.507 e. The van der Waals surface area contributed by atoms with Crippen molar-refractivity contribution in [1.29, 1.82) is 0 Å². The molecule has 1 atom stereocenters. The lowest BCUT2D eigenvalue weighted by Gasteiger charge is -2.23. The van der Waals surface area contributed by atoms with Crippen LogP contribution in [0.1, 0.15) is 22.7 Å². The number of ketones is 1. The Morgan fingerprint density at radius 1 is 1.06 bits per heavy atom. The standard InChI is InChI=1S/C26H19BrN2O4S/c1-14-3-12-19-20(13-14)34-26(28-19)29-22(15-4-8-17(27)9-5-15)21(24(31)25(29)32)23(30)16-6-10-18(33-2)11-7-16/h3-13,22,30H,1-2H3/b23-21+/t22-/m1/s1. The van der Waals surface area contributed by atoms with Gasteiger partial charge in [-0.25, -0.2) is 4.98 Å². The van der Waals surface area contributed by atoms with Crippen LogP contribution in [0.4, 0.5) is 5.13 Å². The molecule has 0 aliphatic carbocycles. The number of carbonyl (C=O) groups is 2. The summed E-state index contributed by atoms with van der Waals surface area (Å²) in [5.41, 5.74) is 2.95. The molecule has 0 radical (unpaired) electrons. The van der Waals surface area contributed by atoms with E-state index in [2.05, 4.69) is 20.9 Å². The van der Waals surface area contributed by atoms with Gasteiger partial charge in [-0.15, -0.1) is 0 Å². The summed E-state index contributed by atoms with van der Waals surface area (Å²) >= 11 is 4.77. The molecule has 1 saturated heterocycles. The Morgan fingerprint density at radius 3 is 2.44 bits per heavy atom. The average Bonchev–Trinajstić information content (AvgIpc) is 3.37. The zero-order valence-corrected chi connectivity index (χ0v) is 20.7. The lowest BCUT2D eigenvalue weighted by atomic mass is 9.95. The highest BCUT2D eigenvalue weighted by molar-refractivity contribution is 9.10. The van der Waals surface area contributed by atoms with Gasteiger partial charge in [0.1, 0.15) is 11.5 Å². The zero-order chi connectivity index (χ0) is 24.0. The van der Waals surface area contributed by atoms with E-state index in [0.29, 0.717) is 22.0 Å². The molecule has 34 heavy (non-hydrogen) atoms. The Balaban J connectivity index is 1.71. The van der Waals surface area contributed by atoms with Gasteiger partial charge in [0.25, 0.3) is 5.78 Å². The van der Waals surface area contributed by atoms with E-state index in [9.17, 15) is 14.7 Å². The summed E-state index contributed by atoms with van der Waals surface area (Å²) in [7, 11) is 1.55. The first-order valence-electron chi connectivity index (χ1n) is 10.5. The lowest BCUT2D eigenvalue weighted by molar-refractivity contribution is -0.132. The van der Waals surface area contributed by atoms with Gasteiger partial charge in [0, 0.05) is 10.0 Å². The van der Waals surface area contributed by atoms with Gasteiger partial charge < -0.3 is 9.84 Å². The Morgan fingerprint density at radius 2 is 1.76 bits per heavy atom. The monoisotopic (exact) mass is 534 g/mol. The topological polar surface area (TPSA) is 79.7 Å². The van der Waals surface area contributed by atoms with Gasteiger partial charge >= 0.3 is 5.91 Å². The van der Waals surface area contributed by atoms with Crippen LogP contribution in [0.3, 0.4) is 0 Å². The summed E-state index contributed by atoms with van der Waals surface area (Å²) in [4.78, 5) is 32.6. The Kier molecular flexibility index (Phi) is 5.71. The normalized spacial score (nSPS) is 17.5. The highest BCUT2D eigenvalue weighted by atomic mass is 79.9. The number of Topliss-reactive ketones (excluding diaryl/α,β-unsaturated/α-hetero) is 1. The molecular formula is C26H19BrN2O4S. The number of halogens is 1. The number of hydrogen-bond donors (Lipinski definition) is 1. The number of aryl methyl sites for hydroxylation is 1. The predicted molar refractivity (Wildman–Crippen MR) is 136 cm³/mol. The Bertz CT molecular complexity index is 1460. The van der Waals surface area contributed by atoms with Gasteiger partial charge in [-0.3, -0.25) is 14.5 Å². The summed E-state index contributed by atoms with van der Waals surface area (Å²) in [6, 6.07) is 19.0. The first-order chi connectivity index (χ1) is 16.4. The Labute approximate surface area is 208 Å². The van der Waals surface area contributed by atoms with Crippen LogP contribution in [0.15, 0.2) is 76.8 Å². The van der Waals surface area contributed by atoms with Gasteiger partial charge in [-0.1, -0.05) is 45.5 Å². The van der Waals surface area contributed by atoms with E-state index in [1.54, 1.807) is 31.4 Å². The first kappa shape index (κ1) is 22.3. The number of nitrogens with zero attached hydrogens (tertiary/aromatic N) is 2. The van der Waals surface area contributed by atoms with Crippen LogP contribution in [0.5, 0.6) is 5.75 Å². The fourth-order valence-corrected chi connectivity index (χ4v) is 5.37. The van der Waals surface area contributed by atoms with Gasteiger partial charge in [-0.05, 0) is 66.6 Å². The van der Waals surface area contributed by atoms with E-state index in [4.69, 9.17) is 4.74 Å². The van der Waals surface area contributed by atoms with Crippen molar-refractivity contribution in [2.75, 3.05) is 12.0 Å². The van der Waals surface area contributed by atoms with Gasteiger partial charge in [-0.2, -0.15) is 0 Å². The molecule has 0 bridgehead atoms. The molecule has 1 aliphatic rings. The number of aliphatic hydroxyl groups excluding tert-OH is 1. The maximum atomic E-state index is 13.3. The van der Waals surface area contributed by atoms with Crippen molar-refractivity contribution in [3.8, 4) is 5.75 Å². The van der Waals surface area contributed by atoms with Crippen molar-refractivity contribution in [3.63, 3.8) is 0 Å². The molecule has 1 aromatic heterocycles. The summed E-state index contributed by atoms with van der Waals surface area (Å²) in [5.74, 6) is -1.10. The quantitative estimate of drug-likeness (QED) is 0.197. The molecule has 0 spiro atoms. The molecule has 170 valence electrons. The van der Waals surface area contributed by atoms with E-state index < -0.39 is 17.7 Å². The second-order valence-corrected chi connectivity index (χ2v) is 9.84. The summed E-state index contributed by atoms with van der Waals surface area (Å²) < 4.78 is 6.97. The smallest absolute Gasteiger partial charge is 0.301 e. The first-order valence-corrected chi connectivity index (χ1v) is 12.1. The molecule has 6 nitrogen and oxygen atoms in total. The molecule has 3 aromatic carbocycles. The second kappa shape index (κ2) is 8.70. The number of rotatable bonds is 4. The minimum atomic E-state index is -0.822. The third kappa shape index (κ3) is 3.78. The summed E-state index contributed by atoms with van der Waals surface area (Å²) in [6.45, 7) is 1.99. The van der Waals surface area contributed by atoms with E-state index in [1.165, 1.54) is 16.2 Å². The number of carbonyl (C=O) groups excluding carboxylic acids is 2. The predicted octanol–water partition coefficient (Wildman–Crippen LogP) is 6.00. The number of aromatic nitrogens is 1. The van der Waals surface area contributed by atoms with Crippen LogP contribution in [0, 0.1) is 6.92 Å². The third-order valence-corrected chi connectivity index (χ3v) is 7.28. The van der Waals surface area contributed by atoms with Crippen LogP contribution in [-0.2, 0) is 9.59 Å². The Hall–Kier alpha value is -3.49.